The number of halogens is 5. The summed E-state index contributed by atoms with van der Waals surface area (Å²) >= 11 is 0. The molecule has 4 nitrogen and oxygen atoms in total. The number of aryl methyl sites for hydroxylation is 1. The van der Waals surface area contributed by atoms with Crippen molar-refractivity contribution >= 4 is 5.97 Å². The Morgan fingerprint density at radius 3 is 2.24 bits per heavy atom. The van der Waals surface area contributed by atoms with Crippen molar-refractivity contribution in [1.29, 1.82) is 0 Å². The average molecular weight is 593 g/mol. The van der Waals surface area contributed by atoms with Crippen LogP contribution in [0.1, 0.15) is 66.7 Å². The van der Waals surface area contributed by atoms with E-state index < -0.39 is 36.1 Å². The molecule has 0 radical (unpaired) electrons. The standard InChI is InChI=1S/C33H41F5N2O2/c1-22-3-2-4-26(15-22)29-21-40(30(31(41)42)16-23-5-6-23)20-27(29)19-39-13-11-25(12-14-39)18-32(34,35)17-24-7-9-28(10-8-24)33(36,37)38/h2-4,7-10,15,23,25,27,29-30H,5-6,11-14,16-21H2,1H3,(H,41,42)/t27-,29+,30+/m0/s1. The molecule has 3 fully saturated rings. The second-order valence-corrected chi connectivity index (χ2v) is 12.9. The lowest BCUT2D eigenvalue weighted by molar-refractivity contribution is -0.143. The maximum absolute atomic E-state index is 14.9. The van der Waals surface area contributed by atoms with Crippen LogP contribution in [-0.4, -0.2) is 65.6 Å². The van der Waals surface area contributed by atoms with Gasteiger partial charge in [-0.3, -0.25) is 9.69 Å². The molecule has 0 aromatic heterocycles. The second-order valence-electron chi connectivity index (χ2n) is 12.9. The van der Waals surface area contributed by atoms with E-state index in [9.17, 15) is 31.9 Å². The zero-order chi connectivity index (χ0) is 30.1. The van der Waals surface area contributed by atoms with Gasteiger partial charge in [0.25, 0.3) is 5.92 Å². The van der Waals surface area contributed by atoms with Crippen LogP contribution < -0.4 is 0 Å². The van der Waals surface area contributed by atoms with Crippen LogP contribution in [-0.2, 0) is 17.4 Å². The van der Waals surface area contributed by atoms with E-state index in [2.05, 4.69) is 41.0 Å². The van der Waals surface area contributed by atoms with Crippen molar-refractivity contribution < 1.29 is 31.9 Å². The molecule has 1 aliphatic carbocycles. The average Bonchev–Trinajstić information content (AvgIpc) is 3.65. The Morgan fingerprint density at radius 1 is 0.952 bits per heavy atom. The van der Waals surface area contributed by atoms with Crippen LogP contribution in [0.15, 0.2) is 48.5 Å². The Kier molecular flexibility index (Phi) is 9.28. The number of likely N-dealkylation sites (tertiary alicyclic amines) is 2. The van der Waals surface area contributed by atoms with Crippen molar-refractivity contribution in [2.45, 2.75) is 75.9 Å². The molecule has 2 aromatic carbocycles. The number of aliphatic carboxylic acids is 1. The van der Waals surface area contributed by atoms with E-state index >= 15 is 0 Å². The molecule has 1 saturated carbocycles. The molecular weight excluding hydrogens is 551 g/mol. The highest BCUT2D eigenvalue weighted by Crippen LogP contribution is 2.40. The molecule has 3 atom stereocenters. The van der Waals surface area contributed by atoms with Crippen molar-refractivity contribution in [3.8, 4) is 0 Å². The fourth-order valence-electron chi connectivity index (χ4n) is 7.01. The van der Waals surface area contributed by atoms with Crippen molar-refractivity contribution in [2.75, 3.05) is 32.7 Å². The van der Waals surface area contributed by atoms with Gasteiger partial charge in [-0.1, -0.05) is 54.8 Å². The minimum Gasteiger partial charge on any atom is -0.480 e. The summed E-state index contributed by atoms with van der Waals surface area (Å²) in [5.74, 6) is -2.89. The minimum absolute atomic E-state index is 0.145. The van der Waals surface area contributed by atoms with Gasteiger partial charge in [-0.2, -0.15) is 13.2 Å². The minimum atomic E-state index is -4.49. The van der Waals surface area contributed by atoms with Gasteiger partial charge in [0, 0.05) is 38.4 Å². The second kappa shape index (κ2) is 12.6. The molecular formula is C33H41F5N2O2. The number of carboxylic acids is 1. The van der Waals surface area contributed by atoms with Crippen molar-refractivity contribution in [3.05, 3.63) is 70.8 Å². The largest absolute Gasteiger partial charge is 0.480 e. The molecule has 0 unspecified atom stereocenters. The first kappa shape index (κ1) is 30.9. The van der Waals surface area contributed by atoms with Crippen molar-refractivity contribution in [2.24, 2.45) is 17.8 Å². The Bertz CT molecular complexity index is 1210. The van der Waals surface area contributed by atoms with Crippen LogP contribution >= 0.6 is 0 Å². The highest BCUT2D eigenvalue weighted by atomic mass is 19.4. The number of piperidine rings is 1. The molecule has 230 valence electrons. The summed E-state index contributed by atoms with van der Waals surface area (Å²) < 4.78 is 68.2. The van der Waals surface area contributed by atoms with Gasteiger partial charge < -0.3 is 10.0 Å². The molecule has 42 heavy (non-hydrogen) atoms. The summed E-state index contributed by atoms with van der Waals surface area (Å²) in [5.41, 5.74) is 1.78. The third kappa shape index (κ3) is 8.10. The van der Waals surface area contributed by atoms with E-state index in [0.29, 0.717) is 51.4 Å². The number of carboxylic acid groups (broad SMARTS) is 1. The Hall–Kier alpha value is -2.52. The molecule has 9 heteroatoms. The molecule has 0 spiro atoms. The highest BCUT2D eigenvalue weighted by molar-refractivity contribution is 5.73. The van der Waals surface area contributed by atoms with Gasteiger partial charge in [-0.15, -0.1) is 0 Å². The number of benzene rings is 2. The molecule has 5 rings (SSSR count). The topological polar surface area (TPSA) is 43.8 Å². The monoisotopic (exact) mass is 592 g/mol. The highest BCUT2D eigenvalue weighted by Gasteiger charge is 2.42. The quantitative estimate of drug-likeness (QED) is 0.279. The van der Waals surface area contributed by atoms with Gasteiger partial charge in [0.1, 0.15) is 6.04 Å². The maximum atomic E-state index is 14.9. The van der Waals surface area contributed by atoms with Crippen LogP contribution in [0.4, 0.5) is 22.0 Å². The first-order valence-electron chi connectivity index (χ1n) is 15.2. The van der Waals surface area contributed by atoms with E-state index in [0.717, 1.165) is 43.7 Å². The number of hydrogen-bond acceptors (Lipinski definition) is 3. The Balaban J connectivity index is 1.17. The summed E-state index contributed by atoms with van der Waals surface area (Å²) in [4.78, 5) is 16.7. The molecule has 3 aliphatic rings. The predicted octanol–water partition coefficient (Wildman–Crippen LogP) is 7.26. The Labute approximate surface area is 244 Å². The summed E-state index contributed by atoms with van der Waals surface area (Å²) in [6.45, 7) is 5.72. The molecule has 0 bridgehead atoms. The summed E-state index contributed by atoms with van der Waals surface area (Å²) in [6.07, 6.45) is -1.10. The molecule has 1 N–H and O–H groups in total. The first-order chi connectivity index (χ1) is 19.9. The number of nitrogens with zero attached hydrogens (tertiary/aromatic N) is 2. The number of rotatable bonds is 11. The van der Waals surface area contributed by atoms with Crippen LogP contribution in [0.3, 0.4) is 0 Å². The van der Waals surface area contributed by atoms with Crippen molar-refractivity contribution in [3.63, 3.8) is 0 Å². The maximum Gasteiger partial charge on any atom is 0.416 e. The van der Waals surface area contributed by atoms with Gasteiger partial charge in [0.2, 0.25) is 0 Å². The summed E-state index contributed by atoms with van der Waals surface area (Å²) in [7, 11) is 0. The smallest absolute Gasteiger partial charge is 0.416 e. The molecule has 2 aliphatic heterocycles. The van der Waals surface area contributed by atoms with Gasteiger partial charge in [-0.05, 0) is 80.3 Å². The SMILES string of the molecule is Cc1cccc([C@H]2CN([C@H](CC3CC3)C(=O)O)C[C@@H]2CN2CCC(CC(F)(F)Cc3ccc(C(F)(F)F)cc3)CC2)c1. The molecule has 2 saturated heterocycles. The fourth-order valence-corrected chi connectivity index (χ4v) is 7.01. The third-order valence-corrected chi connectivity index (χ3v) is 9.45. The van der Waals surface area contributed by atoms with Crippen molar-refractivity contribution in [1.82, 2.24) is 9.80 Å². The third-order valence-electron chi connectivity index (χ3n) is 9.45. The first-order valence-corrected chi connectivity index (χ1v) is 15.2. The van der Waals surface area contributed by atoms with Crippen LogP contribution in [0.5, 0.6) is 0 Å². The van der Waals surface area contributed by atoms with Gasteiger partial charge in [0.15, 0.2) is 0 Å². The van der Waals surface area contributed by atoms with Crippen LogP contribution in [0.2, 0.25) is 0 Å². The molecule has 2 heterocycles. The molecule has 2 aromatic rings. The molecule has 0 amide bonds. The number of alkyl halides is 5. The van der Waals surface area contributed by atoms with E-state index in [-0.39, 0.29) is 29.7 Å². The van der Waals surface area contributed by atoms with Gasteiger partial charge in [0.05, 0.1) is 5.56 Å². The van der Waals surface area contributed by atoms with E-state index in [1.807, 2.05) is 0 Å². The van der Waals surface area contributed by atoms with Gasteiger partial charge in [-0.25, -0.2) is 8.78 Å². The zero-order valence-corrected chi connectivity index (χ0v) is 24.1. The fraction of sp³-hybridized carbons (Fsp3) is 0.606. The predicted molar refractivity (Wildman–Crippen MR) is 152 cm³/mol. The lowest BCUT2D eigenvalue weighted by Crippen LogP contribution is -2.42. The van der Waals surface area contributed by atoms with E-state index in [4.69, 9.17) is 0 Å². The Morgan fingerprint density at radius 2 is 1.64 bits per heavy atom. The van der Waals surface area contributed by atoms with Gasteiger partial charge >= 0.3 is 12.1 Å². The van der Waals surface area contributed by atoms with Crippen LogP contribution in [0.25, 0.3) is 0 Å². The van der Waals surface area contributed by atoms with Crippen LogP contribution in [0, 0.1) is 24.7 Å². The lowest BCUT2D eigenvalue weighted by Gasteiger charge is -2.36. The zero-order valence-electron chi connectivity index (χ0n) is 24.1. The lowest BCUT2D eigenvalue weighted by atomic mass is 9.85. The summed E-state index contributed by atoms with van der Waals surface area (Å²) in [5, 5.41) is 10.0. The number of hydrogen-bond donors (Lipinski definition) is 1. The number of carbonyl (C=O) groups is 1. The van der Waals surface area contributed by atoms with E-state index in [1.165, 1.54) is 11.1 Å². The normalized spacial score (nSPS) is 23.8. The summed E-state index contributed by atoms with van der Waals surface area (Å²) in [6, 6.07) is 12.0. The van der Waals surface area contributed by atoms with E-state index in [1.54, 1.807) is 0 Å².